The Balaban J connectivity index is 0.00000225. The molecule has 3 heterocycles. The molecule has 10 heteroatoms. The van der Waals surface area contributed by atoms with Gasteiger partial charge >= 0.3 is 0 Å². The Bertz CT molecular complexity index is 954. The van der Waals surface area contributed by atoms with Gasteiger partial charge in [0.15, 0.2) is 5.69 Å². The lowest BCUT2D eigenvalue weighted by molar-refractivity contribution is 0.102. The maximum atomic E-state index is 12.8. The number of carbonyl (C=O) groups is 1. The molecule has 1 amide bonds. The number of hydrogen-bond acceptors (Lipinski definition) is 5. The second-order valence-corrected chi connectivity index (χ2v) is 8.84. The number of piperidine rings is 1. The van der Waals surface area contributed by atoms with Crippen LogP contribution in [0.4, 0.5) is 5.69 Å². The highest BCUT2D eigenvalue weighted by molar-refractivity contribution is 7.89. The molecule has 0 unspecified atom stereocenters. The van der Waals surface area contributed by atoms with Gasteiger partial charge in [0.25, 0.3) is 5.91 Å². The van der Waals surface area contributed by atoms with Gasteiger partial charge in [0, 0.05) is 49.5 Å². The standard InChI is InChI=1S/C18H23N5O3S.ClH/c24-18(17-15-12-19-8-7-16(15)21-22-17)20-13-5-4-6-14(11-13)27(25,26)23-9-2-1-3-10-23;/h4-6,11,19H,1-3,7-10,12H2,(H,20,24)(H,21,22);1H. The van der Waals surface area contributed by atoms with Crippen molar-refractivity contribution in [3.63, 3.8) is 0 Å². The zero-order valence-electron chi connectivity index (χ0n) is 15.4. The fraction of sp³-hybridized carbons (Fsp3) is 0.444. The minimum atomic E-state index is -3.54. The molecule has 4 rings (SSSR count). The van der Waals surface area contributed by atoms with Gasteiger partial charge in [-0.1, -0.05) is 12.5 Å². The van der Waals surface area contributed by atoms with Gasteiger partial charge in [-0.2, -0.15) is 9.40 Å². The number of fused-ring (bicyclic) bond motifs is 1. The molecular weight excluding hydrogens is 402 g/mol. The average Bonchev–Trinajstić information content (AvgIpc) is 3.13. The molecular formula is C18H24ClN5O3S. The fourth-order valence-electron chi connectivity index (χ4n) is 3.59. The van der Waals surface area contributed by atoms with Crippen LogP contribution in [-0.4, -0.2) is 48.5 Å². The van der Waals surface area contributed by atoms with Gasteiger partial charge in [-0.3, -0.25) is 9.89 Å². The van der Waals surface area contributed by atoms with Crippen LogP contribution in [0.3, 0.4) is 0 Å². The molecule has 8 nitrogen and oxygen atoms in total. The van der Waals surface area contributed by atoms with E-state index >= 15 is 0 Å². The van der Waals surface area contributed by atoms with Crippen LogP contribution in [0.1, 0.15) is 41.0 Å². The normalized spacial score (nSPS) is 17.4. The average molecular weight is 426 g/mol. The molecule has 1 aromatic carbocycles. The van der Waals surface area contributed by atoms with Crippen LogP contribution >= 0.6 is 12.4 Å². The number of halogens is 1. The minimum Gasteiger partial charge on any atom is -0.321 e. The SMILES string of the molecule is Cl.O=C(Nc1cccc(S(=O)(=O)N2CCCCC2)c1)c1n[nH]c2c1CNCC2. The molecule has 2 aliphatic rings. The van der Waals surface area contributed by atoms with E-state index in [2.05, 4.69) is 20.8 Å². The van der Waals surface area contributed by atoms with Crippen molar-refractivity contribution < 1.29 is 13.2 Å². The van der Waals surface area contributed by atoms with Gasteiger partial charge in [0.2, 0.25) is 10.0 Å². The number of hydrogen-bond donors (Lipinski definition) is 3. The Labute approximate surface area is 170 Å². The lowest BCUT2D eigenvalue weighted by Gasteiger charge is -2.26. The first-order chi connectivity index (χ1) is 13.1. The van der Waals surface area contributed by atoms with Gasteiger partial charge in [-0.25, -0.2) is 8.42 Å². The summed E-state index contributed by atoms with van der Waals surface area (Å²) >= 11 is 0. The van der Waals surface area contributed by atoms with Gasteiger partial charge in [-0.15, -0.1) is 12.4 Å². The third-order valence-electron chi connectivity index (χ3n) is 5.07. The van der Waals surface area contributed by atoms with Crippen LogP contribution in [0, 0.1) is 0 Å². The highest BCUT2D eigenvalue weighted by Gasteiger charge is 2.26. The Hall–Kier alpha value is -1.94. The number of aromatic nitrogens is 2. The largest absolute Gasteiger partial charge is 0.321 e. The molecule has 0 saturated carbocycles. The second kappa shape index (κ2) is 8.60. The number of nitrogens with one attached hydrogen (secondary N) is 3. The number of anilines is 1. The first-order valence-corrected chi connectivity index (χ1v) is 10.7. The Kier molecular flexibility index (Phi) is 6.39. The zero-order chi connectivity index (χ0) is 18.9. The summed E-state index contributed by atoms with van der Waals surface area (Å²) < 4.78 is 27.2. The van der Waals surface area contributed by atoms with E-state index < -0.39 is 10.0 Å². The van der Waals surface area contributed by atoms with Gasteiger partial charge in [-0.05, 0) is 31.0 Å². The molecule has 3 N–H and O–H groups in total. The minimum absolute atomic E-state index is 0. The smallest absolute Gasteiger partial charge is 0.276 e. The first kappa shape index (κ1) is 20.8. The number of carbonyl (C=O) groups excluding carboxylic acids is 1. The second-order valence-electron chi connectivity index (χ2n) is 6.90. The van der Waals surface area contributed by atoms with Gasteiger partial charge in [0.05, 0.1) is 4.90 Å². The predicted molar refractivity (Wildman–Crippen MR) is 108 cm³/mol. The Morgan fingerprint density at radius 1 is 1.18 bits per heavy atom. The summed E-state index contributed by atoms with van der Waals surface area (Å²) in [6.07, 6.45) is 3.63. The molecule has 28 heavy (non-hydrogen) atoms. The van der Waals surface area contributed by atoms with Crippen molar-refractivity contribution in [2.45, 2.75) is 37.1 Å². The molecule has 0 radical (unpaired) electrons. The number of amides is 1. The van der Waals surface area contributed by atoms with E-state index in [1.165, 1.54) is 10.4 Å². The van der Waals surface area contributed by atoms with Gasteiger partial charge < -0.3 is 10.6 Å². The van der Waals surface area contributed by atoms with Crippen molar-refractivity contribution in [3.05, 3.63) is 41.2 Å². The highest BCUT2D eigenvalue weighted by Crippen LogP contribution is 2.23. The van der Waals surface area contributed by atoms with Crippen molar-refractivity contribution in [2.24, 2.45) is 0 Å². The third kappa shape index (κ3) is 4.07. The summed E-state index contributed by atoms with van der Waals surface area (Å²) in [7, 11) is -3.54. The topological polar surface area (TPSA) is 107 Å². The first-order valence-electron chi connectivity index (χ1n) is 9.24. The molecule has 0 aliphatic carbocycles. The van der Waals surface area contributed by atoms with E-state index in [-0.39, 0.29) is 23.2 Å². The number of nitrogens with zero attached hydrogens (tertiary/aromatic N) is 2. The molecule has 0 bridgehead atoms. The summed E-state index contributed by atoms with van der Waals surface area (Å²) in [5.74, 6) is -0.344. The summed E-state index contributed by atoms with van der Waals surface area (Å²) in [4.78, 5) is 12.8. The summed E-state index contributed by atoms with van der Waals surface area (Å²) in [5.41, 5.74) is 2.64. The Morgan fingerprint density at radius 2 is 1.96 bits per heavy atom. The van der Waals surface area contributed by atoms with Gasteiger partial charge in [0.1, 0.15) is 0 Å². The molecule has 1 fully saturated rings. The lowest BCUT2D eigenvalue weighted by Crippen LogP contribution is -2.35. The predicted octanol–water partition coefficient (Wildman–Crippen LogP) is 1.90. The number of aromatic amines is 1. The third-order valence-corrected chi connectivity index (χ3v) is 6.96. The van der Waals surface area contributed by atoms with Crippen LogP contribution in [0.5, 0.6) is 0 Å². The van der Waals surface area contributed by atoms with Crippen LogP contribution < -0.4 is 10.6 Å². The van der Waals surface area contributed by atoms with Crippen LogP contribution in [-0.2, 0) is 23.0 Å². The Morgan fingerprint density at radius 3 is 2.75 bits per heavy atom. The van der Waals surface area contributed by atoms with E-state index in [9.17, 15) is 13.2 Å². The number of sulfonamides is 1. The summed E-state index contributed by atoms with van der Waals surface area (Å²) in [5, 5.41) is 13.1. The maximum Gasteiger partial charge on any atom is 0.276 e. The van der Waals surface area contributed by atoms with Crippen LogP contribution in [0.25, 0.3) is 0 Å². The monoisotopic (exact) mass is 425 g/mol. The summed E-state index contributed by atoms with van der Waals surface area (Å²) in [6.45, 7) is 2.54. The maximum absolute atomic E-state index is 12.8. The van der Waals surface area contributed by atoms with Crippen molar-refractivity contribution in [3.8, 4) is 0 Å². The highest BCUT2D eigenvalue weighted by atomic mass is 35.5. The number of H-pyrrole nitrogens is 1. The number of rotatable bonds is 4. The molecule has 2 aromatic rings. The van der Waals surface area contributed by atoms with E-state index in [1.54, 1.807) is 18.2 Å². The lowest BCUT2D eigenvalue weighted by atomic mass is 10.1. The molecule has 152 valence electrons. The molecule has 1 saturated heterocycles. The molecule has 0 atom stereocenters. The van der Waals surface area contributed by atoms with Crippen LogP contribution in [0.15, 0.2) is 29.2 Å². The van der Waals surface area contributed by atoms with E-state index in [4.69, 9.17) is 0 Å². The summed E-state index contributed by atoms with van der Waals surface area (Å²) in [6, 6.07) is 6.41. The number of benzene rings is 1. The quantitative estimate of drug-likeness (QED) is 0.693. The molecule has 1 aromatic heterocycles. The van der Waals surface area contributed by atoms with Crippen molar-refractivity contribution >= 4 is 34.0 Å². The van der Waals surface area contributed by atoms with Crippen molar-refractivity contribution in [1.82, 2.24) is 19.8 Å². The fourth-order valence-corrected chi connectivity index (χ4v) is 5.16. The molecule has 0 spiro atoms. The van der Waals surface area contributed by atoms with E-state index in [0.717, 1.165) is 43.5 Å². The van der Waals surface area contributed by atoms with E-state index in [0.29, 0.717) is 31.0 Å². The zero-order valence-corrected chi connectivity index (χ0v) is 17.0. The molecule has 2 aliphatic heterocycles. The van der Waals surface area contributed by atoms with Crippen LogP contribution in [0.2, 0.25) is 0 Å². The van der Waals surface area contributed by atoms with Crippen molar-refractivity contribution in [1.29, 1.82) is 0 Å². The van der Waals surface area contributed by atoms with E-state index in [1.807, 2.05) is 0 Å². The van der Waals surface area contributed by atoms with Crippen molar-refractivity contribution in [2.75, 3.05) is 25.0 Å².